The first-order chi connectivity index (χ1) is 13.0. The second-order valence-electron chi connectivity index (χ2n) is 5.85. The molecule has 2 aromatic carbocycles. The molecule has 0 atom stereocenters. The van der Waals surface area contributed by atoms with Crippen LogP contribution >= 0.6 is 0 Å². The first kappa shape index (κ1) is 18.3. The Morgan fingerprint density at radius 3 is 2.70 bits per heavy atom. The Labute approximate surface area is 156 Å². The first-order valence-corrected chi connectivity index (χ1v) is 8.33. The van der Waals surface area contributed by atoms with E-state index in [1.54, 1.807) is 32.2 Å². The summed E-state index contributed by atoms with van der Waals surface area (Å²) in [5, 5.41) is 5.73. The molecule has 3 aromatic rings. The fourth-order valence-corrected chi connectivity index (χ4v) is 2.55. The van der Waals surface area contributed by atoms with Gasteiger partial charge in [0.05, 0.1) is 7.11 Å². The molecule has 0 saturated carbocycles. The van der Waals surface area contributed by atoms with Crippen LogP contribution in [0.25, 0.3) is 0 Å². The van der Waals surface area contributed by atoms with E-state index in [2.05, 4.69) is 20.6 Å². The van der Waals surface area contributed by atoms with Crippen molar-refractivity contribution in [1.82, 2.24) is 15.3 Å². The molecule has 1 amide bonds. The normalized spacial score (nSPS) is 10.3. The Morgan fingerprint density at radius 2 is 1.93 bits per heavy atom. The van der Waals surface area contributed by atoms with Crippen molar-refractivity contribution in [2.75, 3.05) is 12.4 Å². The molecule has 0 saturated heterocycles. The molecule has 0 aliphatic rings. The van der Waals surface area contributed by atoms with Crippen LogP contribution in [0.3, 0.4) is 0 Å². The van der Waals surface area contributed by atoms with Gasteiger partial charge in [-0.05, 0) is 37.3 Å². The third-order valence-electron chi connectivity index (χ3n) is 3.80. The quantitative estimate of drug-likeness (QED) is 0.697. The second kappa shape index (κ2) is 8.27. The van der Waals surface area contributed by atoms with Gasteiger partial charge < -0.3 is 15.4 Å². The lowest BCUT2D eigenvalue weighted by Crippen LogP contribution is -2.24. The van der Waals surface area contributed by atoms with Gasteiger partial charge in [-0.25, -0.2) is 14.4 Å². The van der Waals surface area contributed by atoms with Crippen LogP contribution in [0.2, 0.25) is 0 Å². The number of hydrogen-bond acceptors (Lipinski definition) is 5. The number of amides is 1. The van der Waals surface area contributed by atoms with Crippen LogP contribution in [0.4, 0.5) is 16.0 Å². The number of methoxy groups -OCH3 is 1. The summed E-state index contributed by atoms with van der Waals surface area (Å²) in [6.45, 7) is 2.06. The number of rotatable bonds is 6. The SMILES string of the molecule is COc1ccccc1CNC(=O)c1cc(C)nc(Nc2cccc(F)c2)n1. The summed E-state index contributed by atoms with van der Waals surface area (Å²) in [5.74, 6) is 0.212. The maximum absolute atomic E-state index is 13.3. The third kappa shape index (κ3) is 4.78. The van der Waals surface area contributed by atoms with Crippen LogP contribution in [-0.4, -0.2) is 23.0 Å². The maximum atomic E-state index is 13.3. The van der Waals surface area contributed by atoms with Crippen LogP contribution in [0.1, 0.15) is 21.7 Å². The van der Waals surface area contributed by atoms with Gasteiger partial charge in [0, 0.05) is 23.5 Å². The minimum absolute atomic E-state index is 0.219. The van der Waals surface area contributed by atoms with E-state index in [-0.39, 0.29) is 23.4 Å². The number of halogens is 1. The van der Waals surface area contributed by atoms with Gasteiger partial charge in [0.2, 0.25) is 5.95 Å². The second-order valence-corrected chi connectivity index (χ2v) is 5.85. The fourth-order valence-electron chi connectivity index (χ4n) is 2.55. The number of para-hydroxylation sites is 1. The molecule has 2 N–H and O–H groups in total. The smallest absolute Gasteiger partial charge is 0.270 e. The lowest BCUT2D eigenvalue weighted by Gasteiger charge is -2.11. The van der Waals surface area contributed by atoms with Crippen LogP contribution in [-0.2, 0) is 6.54 Å². The van der Waals surface area contributed by atoms with Gasteiger partial charge >= 0.3 is 0 Å². The molecule has 0 unspecified atom stereocenters. The number of ether oxygens (including phenoxy) is 1. The molecule has 0 fully saturated rings. The number of carbonyl (C=O) groups excluding carboxylic acids is 1. The van der Waals surface area contributed by atoms with E-state index in [4.69, 9.17) is 4.74 Å². The number of nitrogens with one attached hydrogen (secondary N) is 2. The number of benzene rings is 2. The number of nitrogens with zero attached hydrogens (tertiary/aromatic N) is 2. The standard InChI is InChI=1S/C20H19FN4O2/c1-13-10-17(19(26)22-12-14-6-3-4-9-18(14)27-2)25-20(23-13)24-16-8-5-7-15(21)11-16/h3-11H,12H2,1-2H3,(H,22,26)(H,23,24,25). The summed E-state index contributed by atoms with van der Waals surface area (Å²) in [5.41, 5.74) is 2.20. The topological polar surface area (TPSA) is 76.1 Å². The average molecular weight is 366 g/mol. The molecule has 27 heavy (non-hydrogen) atoms. The van der Waals surface area contributed by atoms with Crippen LogP contribution in [0, 0.1) is 12.7 Å². The molecule has 0 aliphatic carbocycles. The molecule has 3 rings (SSSR count). The lowest BCUT2D eigenvalue weighted by atomic mass is 10.2. The van der Waals surface area contributed by atoms with E-state index >= 15 is 0 Å². The highest BCUT2D eigenvalue weighted by Gasteiger charge is 2.12. The predicted octanol–water partition coefficient (Wildman–Crippen LogP) is 3.61. The van der Waals surface area contributed by atoms with E-state index in [1.807, 2.05) is 24.3 Å². The summed E-state index contributed by atoms with van der Waals surface area (Å²) in [7, 11) is 1.58. The molecule has 1 heterocycles. The molecule has 0 bridgehead atoms. The minimum Gasteiger partial charge on any atom is -0.496 e. The van der Waals surface area contributed by atoms with Gasteiger partial charge in [-0.2, -0.15) is 0 Å². The molecule has 6 nitrogen and oxygen atoms in total. The molecule has 0 spiro atoms. The van der Waals surface area contributed by atoms with Crippen molar-refractivity contribution in [3.8, 4) is 5.75 Å². The number of hydrogen-bond donors (Lipinski definition) is 2. The van der Waals surface area contributed by atoms with Crippen LogP contribution in [0.5, 0.6) is 5.75 Å². The fraction of sp³-hybridized carbons (Fsp3) is 0.150. The Kier molecular flexibility index (Phi) is 5.61. The zero-order valence-electron chi connectivity index (χ0n) is 15.0. The van der Waals surface area contributed by atoms with E-state index in [1.165, 1.54) is 12.1 Å². The largest absolute Gasteiger partial charge is 0.496 e. The average Bonchev–Trinajstić information content (AvgIpc) is 2.66. The summed E-state index contributed by atoms with van der Waals surface area (Å²) in [6.07, 6.45) is 0. The molecule has 138 valence electrons. The highest BCUT2D eigenvalue weighted by Crippen LogP contribution is 2.18. The van der Waals surface area contributed by atoms with Crippen molar-refractivity contribution in [3.05, 3.63) is 77.4 Å². The van der Waals surface area contributed by atoms with E-state index in [0.29, 0.717) is 23.7 Å². The number of anilines is 2. The van der Waals surface area contributed by atoms with Crippen molar-refractivity contribution in [2.45, 2.75) is 13.5 Å². The Bertz CT molecular complexity index is 962. The van der Waals surface area contributed by atoms with Crippen molar-refractivity contribution < 1.29 is 13.9 Å². The number of aryl methyl sites for hydroxylation is 1. The predicted molar refractivity (Wildman–Crippen MR) is 101 cm³/mol. The van der Waals surface area contributed by atoms with Gasteiger partial charge in [-0.3, -0.25) is 4.79 Å². The van der Waals surface area contributed by atoms with Gasteiger partial charge in [-0.1, -0.05) is 24.3 Å². The zero-order valence-corrected chi connectivity index (χ0v) is 15.0. The molecule has 0 radical (unpaired) electrons. The highest BCUT2D eigenvalue weighted by atomic mass is 19.1. The lowest BCUT2D eigenvalue weighted by molar-refractivity contribution is 0.0945. The van der Waals surface area contributed by atoms with Gasteiger partial charge in [-0.15, -0.1) is 0 Å². The molecule has 1 aromatic heterocycles. The van der Waals surface area contributed by atoms with Crippen molar-refractivity contribution in [3.63, 3.8) is 0 Å². The van der Waals surface area contributed by atoms with E-state index < -0.39 is 0 Å². The molecular formula is C20H19FN4O2. The number of aromatic nitrogens is 2. The highest BCUT2D eigenvalue weighted by molar-refractivity contribution is 5.92. The van der Waals surface area contributed by atoms with Crippen molar-refractivity contribution in [2.24, 2.45) is 0 Å². The Hall–Kier alpha value is -3.48. The maximum Gasteiger partial charge on any atom is 0.270 e. The van der Waals surface area contributed by atoms with Crippen molar-refractivity contribution >= 4 is 17.5 Å². The van der Waals surface area contributed by atoms with Gasteiger partial charge in [0.25, 0.3) is 5.91 Å². The monoisotopic (exact) mass is 366 g/mol. The van der Waals surface area contributed by atoms with Crippen LogP contribution < -0.4 is 15.4 Å². The summed E-state index contributed by atoms with van der Waals surface area (Å²) >= 11 is 0. The number of carbonyl (C=O) groups is 1. The summed E-state index contributed by atoms with van der Waals surface area (Å²) in [6, 6.07) is 15.0. The van der Waals surface area contributed by atoms with Gasteiger partial charge in [0.15, 0.2) is 0 Å². The minimum atomic E-state index is -0.373. The molecular weight excluding hydrogens is 347 g/mol. The third-order valence-corrected chi connectivity index (χ3v) is 3.80. The van der Waals surface area contributed by atoms with Gasteiger partial charge in [0.1, 0.15) is 17.3 Å². The Balaban J connectivity index is 1.74. The summed E-state index contributed by atoms with van der Waals surface area (Å²) < 4.78 is 18.6. The summed E-state index contributed by atoms with van der Waals surface area (Å²) in [4.78, 5) is 21.0. The molecule has 7 heteroatoms. The van der Waals surface area contributed by atoms with Crippen molar-refractivity contribution in [1.29, 1.82) is 0 Å². The van der Waals surface area contributed by atoms with Crippen LogP contribution in [0.15, 0.2) is 54.6 Å². The molecule has 0 aliphatic heterocycles. The Morgan fingerprint density at radius 1 is 1.11 bits per heavy atom. The first-order valence-electron chi connectivity index (χ1n) is 8.33. The van der Waals surface area contributed by atoms with E-state index in [0.717, 1.165) is 5.56 Å². The van der Waals surface area contributed by atoms with E-state index in [9.17, 15) is 9.18 Å². The zero-order chi connectivity index (χ0) is 19.2.